The number of nitrogens with one attached hydrogen (secondary N) is 1. The van der Waals surface area contributed by atoms with Crippen LogP contribution < -0.4 is 5.32 Å². The minimum atomic E-state index is 0.910. The van der Waals surface area contributed by atoms with Crippen molar-refractivity contribution < 1.29 is 0 Å². The summed E-state index contributed by atoms with van der Waals surface area (Å²) in [5.74, 6) is 0. The van der Waals surface area contributed by atoms with Gasteiger partial charge in [0, 0.05) is 6.54 Å². The number of nitrogens with zero attached hydrogens (tertiary/aromatic N) is 3. The minimum Gasteiger partial charge on any atom is -0.316 e. The molecule has 0 aromatic carbocycles. The van der Waals surface area contributed by atoms with Crippen molar-refractivity contribution in [3.8, 4) is 0 Å². The maximum atomic E-state index is 4.45. The van der Waals surface area contributed by atoms with Crippen molar-refractivity contribution in [2.24, 2.45) is 0 Å². The topological polar surface area (TPSA) is 33.1 Å². The molecule has 0 unspecified atom stereocenters. The number of hydrogen-bond acceptors (Lipinski definition) is 3. The predicted octanol–water partition coefficient (Wildman–Crippen LogP) is 3.00. The van der Waals surface area contributed by atoms with E-state index in [0.717, 1.165) is 37.1 Å². The van der Waals surface area contributed by atoms with Crippen LogP contribution in [0.1, 0.15) is 32.4 Å². The normalized spacial score (nSPS) is 12.4. The van der Waals surface area contributed by atoms with Crippen LogP contribution in [-0.2, 0) is 6.54 Å². The molecule has 0 spiro atoms. The van der Waals surface area contributed by atoms with Gasteiger partial charge in [0.2, 0.25) is 0 Å². The Balaban J connectivity index is 2.63. The Morgan fingerprint density at radius 1 is 1.45 bits per heavy atom. The zero-order valence-corrected chi connectivity index (χ0v) is 14.7. The molecule has 1 aromatic rings. The molecule has 1 N–H and O–H groups in total. The smallest absolute Gasteiger partial charge is 0.0778 e. The van der Waals surface area contributed by atoms with Gasteiger partial charge in [0.25, 0.3) is 0 Å². The van der Waals surface area contributed by atoms with Gasteiger partial charge in [-0.2, -0.15) is 5.10 Å². The highest BCUT2D eigenvalue weighted by molar-refractivity contribution is 9.10. The lowest BCUT2D eigenvalue weighted by Crippen LogP contribution is -2.20. The van der Waals surface area contributed by atoms with Crippen LogP contribution in [-0.4, -0.2) is 48.4 Å². The lowest BCUT2D eigenvalue weighted by atomic mass is 10.2. The third-order valence-corrected chi connectivity index (χ3v) is 3.71. The van der Waals surface area contributed by atoms with E-state index in [0.29, 0.717) is 0 Å². The Morgan fingerprint density at radius 3 is 2.85 bits per heavy atom. The van der Waals surface area contributed by atoms with Crippen LogP contribution in [0.5, 0.6) is 0 Å². The van der Waals surface area contributed by atoms with Crippen LogP contribution in [0.3, 0.4) is 0 Å². The van der Waals surface area contributed by atoms with Crippen molar-refractivity contribution in [2.75, 3.05) is 33.7 Å². The van der Waals surface area contributed by atoms with E-state index in [1.54, 1.807) is 0 Å². The average molecular weight is 343 g/mol. The number of allylic oxidation sites excluding steroid dienone is 1. The Bertz CT molecular complexity index is 424. The molecule has 0 saturated carbocycles. The molecular weight excluding hydrogens is 316 g/mol. The van der Waals surface area contributed by atoms with E-state index >= 15 is 0 Å². The van der Waals surface area contributed by atoms with E-state index in [9.17, 15) is 0 Å². The van der Waals surface area contributed by atoms with Crippen LogP contribution in [0.4, 0.5) is 0 Å². The molecular formula is C15H27BrN4. The SMILES string of the molecule is CCCNCC/C=C(/C)c1c(Br)cnn1CCN(C)C. The van der Waals surface area contributed by atoms with Gasteiger partial charge in [0.15, 0.2) is 0 Å². The van der Waals surface area contributed by atoms with Crippen molar-refractivity contribution >= 4 is 21.5 Å². The fraction of sp³-hybridized carbons (Fsp3) is 0.667. The lowest BCUT2D eigenvalue weighted by Gasteiger charge is -2.12. The summed E-state index contributed by atoms with van der Waals surface area (Å²) in [5.41, 5.74) is 2.48. The molecule has 0 amide bonds. The highest BCUT2D eigenvalue weighted by Gasteiger charge is 2.10. The minimum absolute atomic E-state index is 0.910. The summed E-state index contributed by atoms with van der Waals surface area (Å²) in [6.07, 6.45) is 6.41. The Labute approximate surface area is 131 Å². The first-order valence-electron chi connectivity index (χ1n) is 7.30. The molecule has 5 heteroatoms. The summed E-state index contributed by atoms with van der Waals surface area (Å²) in [6, 6.07) is 0. The Morgan fingerprint density at radius 2 is 2.20 bits per heavy atom. The zero-order valence-electron chi connectivity index (χ0n) is 13.1. The number of aromatic nitrogens is 2. The Kier molecular flexibility index (Phi) is 8.11. The van der Waals surface area contributed by atoms with Crippen molar-refractivity contribution in [1.29, 1.82) is 0 Å². The average Bonchev–Trinajstić information content (AvgIpc) is 2.77. The Hall–Kier alpha value is -0.650. The number of likely N-dealkylation sites (N-methyl/N-ethyl adjacent to an activating group) is 1. The second-order valence-electron chi connectivity index (χ2n) is 5.29. The van der Waals surface area contributed by atoms with Crippen LogP contribution in [0, 0.1) is 0 Å². The van der Waals surface area contributed by atoms with Gasteiger partial charge in [-0.25, -0.2) is 0 Å². The van der Waals surface area contributed by atoms with Gasteiger partial charge in [-0.05, 0) is 68.5 Å². The first kappa shape index (κ1) is 17.4. The highest BCUT2D eigenvalue weighted by atomic mass is 79.9. The molecule has 1 rings (SSSR count). The molecule has 0 aliphatic heterocycles. The maximum Gasteiger partial charge on any atom is 0.0778 e. The third kappa shape index (κ3) is 5.77. The quantitative estimate of drug-likeness (QED) is 0.700. The molecule has 20 heavy (non-hydrogen) atoms. The van der Waals surface area contributed by atoms with E-state index in [1.807, 2.05) is 6.20 Å². The largest absolute Gasteiger partial charge is 0.316 e. The zero-order chi connectivity index (χ0) is 15.0. The van der Waals surface area contributed by atoms with Crippen LogP contribution in [0.2, 0.25) is 0 Å². The first-order valence-corrected chi connectivity index (χ1v) is 8.09. The molecule has 0 radical (unpaired) electrons. The van der Waals surface area contributed by atoms with Crippen LogP contribution in [0.15, 0.2) is 16.7 Å². The van der Waals surface area contributed by atoms with Gasteiger partial charge in [-0.15, -0.1) is 0 Å². The van der Waals surface area contributed by atoms with Crippen LogP contribution >= 0.6 is 15.9 Å². The molecule has 0 saturated heterocycles. The van der Waals surface area contributed by atoms with Crippen molar-refractivity contribution in [2.45, 2.75) is 33.2 Å². The summed E-state index contributed by atoms with van der Waals surface area (Å²) in [6.45, 7) is 8.38. The molecule has 0 atom stereocenters. The fourth-order valence-corrected chi connectivity index (χ4v) is 2.62. The van der Waals surface area contributed by atoms with E-state index in [4.69, 9.17) is 0 Å². The van der Waals surface area contributed by atoms with Gasteiger partial charge < -0.3 is 10.2 Å². The number of rotatable bonds is 9. The lowest BCUT2D eigenvalue weighted by molar-refractivity contribution is 0.372. The number of halogens is 1. The van der Waals surface area contributed by atoms with E-state index in [1.165, 1.54) is 17.7 Å². The van der Waals surface area contributed by atoms with Crippen molar-refractivity contribution in [1.82, 2.24) is 20.0 Å². The van der Waals surface area contributed by atoms with Gasteiger partial charge in [0.1, 0.15) is 0 Å². The number of hydrogen-bond donors (Lipinski definition) is 1. The van der Waals surface area contributed by atoms with E-state index in [-0.39, 0.29) is 0 Å². The summed E-state index contributed by atoms with van der Waals surface area (Å²) in [4.78, 5) is 2.17. The van der Waals surface area contributed by atoms with Gasteiger partial charge in [0.05, 0.1) is 22.9 Å². The molecule has 0 fully saturated rings. The molecule has 4 nitrogen and oxygen atoms in total. The molecule has 0 bridgehead atoms. The second-order valence-corrected chi connectivity index (χ2v) is 6.15. The monoisotopic (exact) mass is 342 g/mol. The molecule has 0 aliphatic carbocycles. The molecule has 1 aromatic heterocycles. The first-order chi connectivity index (χ1) is 9.56. The summed E-state index contributed by atoms with van der Waals surface area (Å²) in [7, 11) is 4.17. The molecule has 0 aliphatic rings. The van der Waals surface area contributed by atoms with E-state index < -0.39 is 0 Å². The summed E-state index contributed by atoms with van der Waals surface area (Å²) >= 11 is 3.61. The fourth-order valence-electron chi connectivity index (χ4n) is 2.01. The second kappa shape index (κ2) is 9.32. The van der Waals surface area contributed by atoms with Crippen LogP contribution in [0.25, 0.3) is 5.57 Å². The van der Waals surface area contributed by atoms with Crippen molar-refractivity contribution in [3.05, 3.63) is 22.4 Å². The third-order valence-electron chi connectivity index (χ3n) is 3.13. The highest BCUT2D eigenvalue weighted by Crippen LogP contribution is 2.24. The molecule has 114 valence electrons. The maximum absolute atomic E-state index is 4.45. The summed E-state index contributed by atoms with van der Waals surface area (Å²) < 4.78 is 3.15. The molecule has 1 heterocycles. The summed E-state index contributed by atoms with van der Waals surface area (Å²) in [5, 5.41) is 7.87. The van der Waals surface area contributed by atoms with Gasteiger partial charge >= 0.3 is 0 Å². The standard InChI is InChI=1S/C15H27BrN4/c1-5-8-17-9-6-7-13(2)15-14(16)12-18-20(15)11-10-19(3)4/h7,12,17H,5-6,8-11H2,1-4H3/b13-7-. The van der Waals surface area contributed by atoms with E-state index in [2.05, 4.69) is 69.9 Å². The van der Waals surface area contributed by atoms with Gasteiger partial charge in [-0.3, -0.25) is 4.68 Å². The van der Waals surface area contributed by atoms with Crippen molar-refractivity contribution in [3.63, 3.8) is 0 Å². The predicted molar refractivity (Wildman–Crippen MR) is 89.9 cm³/mol. The van der Waals surface area contributed by atoms with Gasteiger partial charge in [-0.1, -0.05) is 13.0 Å².